The van der Waals surface area contributed by atoms with Crippen LogP contribution in [0, 0.1) is 0 Å². The highest BCUT2D eigenvalue weighted by atomic mass is 32.2. The van der Waals surface area contributed by atoms with Crippen molar-refractivity contribution in [2.24, 2.45) is 5.10 Å². The van der Waals surface area contributed by atoms with Crippen LogP contribution < -0.4 is 25.5 Å². The molecule has 4 rings (SSSR count). The number of fused-ring (bicyclic) bond motifs is 1. The van der Waals surface area contributed by atoms with E-state index in [0.29, 0.717) is 40.1 Å². The molecule has 0 aliphatic carbocycles. The first-order chi connectivity index (χ1) is 15.6. The average Bonchev–Trinajstić information content (AvgIpc) is 2.98. The third-order valence-electron chi connectivity index (χ3n) is 4.48. The average molecular weight is 449 g/mol. The van der Waals surface area contributed by atoms with Crippen molar-refractivity contribution in [3.63, 3.8) is 0 Å². The molecule has 1 aliphatic heterocycles. The number of para-hydroxylation sites is 2. The van der Waals surface area contributed by atoms with Gasteiger partial charge in [0.2, 0.25) is 5.90 Å². The molecule has 162 valence electrons. The maximum Gasteiger partial charge on any atom is 0.323 e. The summed E-state index contributed by atoms with van der Waals surface area (Å²) in [6, 6.07) is 21.0. The van der Waals surface area contributed by atoms with Gasteiger partial charge in [-0.3, -0.25) is 4.79 Å². The molecule has 0 aromatic heterocycles. The van der Waals surface area contributed by atoms with E-state index in [-0.39, 0.29) is 11.9 Å². The highest BCUT2D eigenvalue weighted by molar-refractivity contribution is 8.00. The number of methoxy groups -OCH3 is 1. The predicted octanol–water partition coefficient (Wildman–Crippen LogP) is 4.57. The zero-order chi connectivity index (χ0) is 22.3. The fourth-order valence-corrected chi connectivity index (χ4v) is 3.77. The Labute approximate surface area is 189 Å². The van der Waals surface area contributed by atoms with Crippen LogP contribution in [0.2, 0.25) is 0 Å². The molecule has 3 aromatic rings. The van der Waals surface area contributed by atoms with Crippen LogP contribution in [-0.4, -0.2) is 30.7 Å². The summed E-state index contributed by atoms with van der Waals surface area (Å²) in [6.07, 6.45) is 0. The van der Waals surface area contributed by atoms with Gasteiger partial charge in [-0.25, -0.2) is 10.2 Å². The lowest BCUT2D eigenvalue weighted by Crippen LogP contribution is -2.20. The Bertz CT molecular complexity index is 1160. The van der Waals surface area contributed by atoms with Crippen LogP contribution in [0.3, 0.4) is 0 Å². The Morgan fingerprint density at radius 3 is 2.59 bits per heavy atom. The standard InChI is InChI=1S/C23H20N4O4S/c1-30-16-12-10-15(11-13-16)24-23(29)25-18-7-3-5-9-20(18)32-14-21-26-27-22(28)17-6-2-4-8-19(17)31-21/h2-13H,14H2,1H3,(H,27,28)(H2,24,25,29). The predicted molar refractivity (Wildman–Crippen MR) is 125 cm³/mol. The summed E-state index contributed by atoms with van der Waals surface area (Å²) in [4.78, 5) is 25.4. The number of hydrogen-bond acceptors (Lipinski definition) is 6. The van der Waals surface area contributed by atoms with E-state index < -0.39 is 0 Å². The van der Waals surface area contributed by atoms with Crippen molar-refractivity contribution in [2.75, 3.05) is 23.5 Å². The molecule has 0 saturated carbocycles. The van der Waals surface area contributed by atoms with Crippen LogP contribution in [0.1, 0.15) is 10.4 Å². The van der Waals surface area contributed by atoms with Gasteiger partial charge in [-0.05, 0) is 48.5 Å². The first kappa shape index (κ1) is 21.3. The van der Waals surface area contributed by atoms with Crippen molar-refractivity contribution < 1.29 is 19.1 Å². The van der Waals surface area contributed by atoms with Crippen molar-refractivity contribution in [1.82, 2.24) is 5.43 Å². The fourth-order valence-electron chi connectivity index (χ4n) is 2.92. The summed E-state index contributed by atoms with van der Waals surface area (Å²) in [5, 5.41) is 9.70. The number of thioether (sulfide) groups is 1. The summed E-state index contributed by atoms with van der Waals surface area (Å²) in [6.45, 7) is 0. The van der Waals surface area contributed by atoms with Crippen LogP contribution in [0.15, 0.2) is 82.8 Å². The smallest absolute Gasteiger partial charge is 0.323 e. The van der Waals surface area contributed by atoms with Crippen LogP contribution in [0.4, 0.5) is 16.2 Å². The molecule has 0 saturated heterocycles. The molecule has 9 heteroatoms. The normalized spacial score (nSPS) is 12.4. The van der Waals surface area contributed by atoms with Crippen LogP contribution in [0.5, 0.6) is 11.5 Å². The second-order valence-corrected chi connectivity index (χ2v) is 7.65. The quantitative estimate of drug-likeness (QED) is 0.480. The summed E-state index contributed by atoms with van der Waals surface area (Å²) in [5.74, 6) is 1.55. The van der Waals surface area contributed by atoms with Crippen LogP contribution in [-0.2, 0) is 0 Å². The number of benzene rings is 3. The van der Waals surface area contributed by atoms with E-state index in [9.17, 15) is 9.59 Å². The van der Waals surface area contributed by atoms with E-state index in [0.717, 1.165) is 4.90 Å². The third-order valence-corrected chi connectivity index (χ3v) is 5.53. The van der Waals surface area contributed by atoms with E-state index >= 15 is 0 Å². The van der Waals surface area contributed by atoms with Crippen LogP contribution >= 0.6 is 11.8 Å². The van der Waals surface area contributed by atoms with E-state index in [1.807, 2.05) is 24.3 Å². The Morgan fingerprint density at radius 2 is 1.78 bits per heavy atom. The fraction of sp³-hybridized carbons (Fsp3) is 0.0870. The number of carbonyl (C=O) groups excluding carboxylic acids is 2. The molecule has 0 fully saturated rings. The van der Waals surface area contributed by atoms with Gasteiger partial charge in [-0.2, -0.15) is 0 Å². The lowest BCUT2D eigenvalue weighted by atomic mass is 10.2. The molecule has 0 atom stereocenters. The van der Waals surface area contributed by atoms with Gasteiger partial charge in [-0.15, -0.1) is 16.9 Å². The maximum atomic E-state index is 12.5. The number of urea groups is 1. The molecular formula is C23H20N4O4S. The van der Waals surface area contributed by atoms with Gasteiger partial charge in [0.15, 0.2) is 0 Å². The number of nitrogens with one attached hydrogen (secondary N) is 3. The van der Waals surface area contributed by atoms with E-state index in [1.54, 1.807) is 55.6 Å². The van der Waals surface area contributed by atoms with Crippen molar-refractivity contribution >= 4 is 41.0 Å². The minimum absolute atomic E-state index is 0.321. The molecule has 32 heavy (non-hydrogen) atoms. The van der Waals surface area contributed by atoms with Gasteiger partial charge in [0, 0.05) is 10.6 Å². The molecular weight excluding hydrogens is 428 g/mol. The van der Waals surface area contributed by atoms with Gasteiger partial charge in [0.25, 0.3) is 5.91 Å². The molecule has 0 unspecified atom stereocenters. The van der Waals surface area contributed by atoms with Gasteiger partial charge >= 0.3 is 6.03 Å². The number of anilines is 2. The Morgan fingerprint density at radius 1 is 1.03 bits per heavy atom. The minimum Gasteiger partial charge on any atom is -0.497 e. The molecule has 0 radical (unpaired) electrons. The van der Waals surface area contributed by atoms with Crippen molar-refractivity contribution in [1.29, 1.82) is 0 Å². The zero-order valence-electron chi connectivity index (χ0n) is 17.1. The second-order valence-electron chi connectivity index (χ2n) is 6.64. The molecule has 0 spiro atoms. The van der Waals surface area contributed by atoms with Crippen molar-refractivity contribution in [2.45, 2.75) is 4.90 Å². The first-order valence-corrected chi connectivity index (χ1v) is 10.7. The Balaban J connectivity index is 1.40. The van der Waals surface area contributed by atoms with Gasteiger partial charge < -0.3 is 20.1 Å². The Hall–Kier alpha value is -3.98. The number of carbonyl (C=O) groups is 2. The number of hydrazone groups is 1. The summed E-state index contributed by atoms with van der Waals surface area (Å²) in [7, 11) is 1.59. The van der Waals surface area contributed by atoms with E-state index in [2.05, 4.69) is 21.2 Å². The summed E-state index contributed by atoms with van der Waals surface area (Å²) >= 11 is 1.43. The summed E-state index contributed by atoms with van der Waals surface area (Å²) in [5.41, 5.74) is 4.20. The number of amides is 3. The van der Waals surface area contributed by atoms with Crippen molar-refractivity contribution in [3.05, 3.63) is 78.4 Å². The second kappa shape index (κ2) is 9.88. The number of hydrogen-bond donors (Lipinski definition) is 3. The molecule has 3 amide bonds. The Kier molecular flexibility index (Phi) is 6.57. The molecule has 1 heterocycles. The third kappa shape index (κ3) is 5.19. The van der Waals surface area contributed by atoms with Crippen LogP contribution in [0.25, 0.3) is 0 Å². The summed E-state index contributed by atoms with van der Waals surface area (Å²) < 4.78 is 10.9. The largest absolute Gasteiger partial charge is 0.497 e. The molecule has 3 aromatic carbocycles. The molecule has 1 aliphatic rings. The van der Waals surface area contributed by atoms with E-state index in [4.69, 9.17) is 9.47 Å². The molecule has 3 N–H and O–H groups in total. The molecule has 0 bridgehead atoms. The highest BCUT2D eigenvalue weighted by Crippen LogP contribution is 2.28. The van der Waals surface area contributed by atoms with Gasteiger partial charge in [0.1, 0.15) is 11.5 Å². The lowest BCUT2D eigenvalue weighted by Gasteiger charge is -2.12. The number of nitrogens with zero attached hydrogens (tertiary/aromatic N) is 1. The monoisotopic (exact) mass is 448 g/mol. The SMILES string of the molecule is COc1ccc(NC(=O)Nc2ccccc2SCC2=NNC(=O)c3ccccc3O2)cc1. The van der Waals surface area contributed by atoms with Gasteiger partial charge in [-0.1, -0.05) is 24.3 Å². The molecule has 8 nitrogen and oxygen atoms in total. The zero-order valence-corrected chi connectivity index (χ0v) is 17.9. The van der Waals surface area contributed by atoms with Crippen molar-refractivity contribution in [3.8, 4) is 11.5 Å². The van der Waals surface area contributed by atoms with Gasteiger partial charge in [0.05, 0.1) is 24.1 Å². The first-order valence-electron chi connectivity index (χ1n) is 9.70. The minimum atomic E-state index is -0.368. The highest BCUT2D eigenvalue weighted by Gasteiger charge is 2.18. The topological polar surface area (TPSA) is 101 Å². The lowest BCUT2D eigenvalue weighted by molar-refractivity contribution is 0.0955. The number of rotatable bonds is 6. The maximum absolute atomic E-state index is 12.5. The number of ether oxygens (including phenoxy) is 2. The van der Waals surface area contributed by atoms with E-state index in [1.165, 1.54) is 11.8 Å².